The van der Waals surface area contributed by atoms with Gasteiger partial charge in [-0.3, -0.25) is 4.79 Å². The lowest BCUT2D eigenvalue weighted by Crippen LogP contribution is -2.13. The predicted octanol–water partition coefficient (Wildman–Crippen LogP) is 3.00. The Morgan fingerprint density at radius 1 is 1.44 bits per heavy atom. The number of carbonyl (C=O) groups is 1. The molecule has 2 aromatic rings. The first-order valence-electron chi connectivity index (χ1n) is 4.65. The maximum Gasteiger partial charge on any atom is 0.292 e. The van der Waals surface area contributed by atoms with Gasteiger partial charge in [-0.05, 0) is 41.1 Å². The number of aryl methyl sites for hydroxylation is 1. The van der Waals surface area contributed by atoms with Crippen LogP contribution in [-0.4, -0.2) is 10.9 Å². The van der Waals surface area contributed by atoms with Crippen LogP contribution in [0.5, 0.6) is 0 Å². The van der Waals surface area contributed by atoms with E-state index in [-0.39, 0.29) is 5.91 Å². The molecule has 0 fully saturated rings. The maximum atomic E-state index is 11.7. The second-order valence-corrected chi connectivity index (χ2v) is 4.04. The van der Waals surface area contributed by atoms with Crippen molar-refractivity contribution in [3.8, 4) is 0 Å². The number of pyridine rings is 1. The van der Waals surface area contributed by atoms with Gasteiger partial charge in [0.05, 0.1) is 6.26 Å². The SMILES string of the molecule is Cc1ccoc1C(=O)Nc1cccc(Br)n1. The number of nitrogens with zero attached hydrogens (tertiary/aromatic N) is 1. The Kier molecular flexibility index (Phi) is 3.05. The molecule has 0 bridgehead atoms. The summed E-state index contributed by atoms with van der Waals surface area (Å²) in [4.78, 5) is 15.8. The molecule has 0 unspecified atom stereocenters. The first-order valence-corrected chi connectivity index (χ1v) is 5.44. The van der Waals surface area contributed by atoms with Gasteiger partial charge in [0.15, 0.2) is 5.76 Å². The lowest BCUT2D eigenvalue weighted by atomic mass is 10.3. The number of hydrogen-bond donors (Lipinski definition) is 1. The van der Waals surface area contributed by atoms with E-state index in [9.17, 15) is 4.79 Å². The summed E-state index contributed by atoms with van der Waals surface area (Å²) in [6.45, 7) is 1.81. The molecule has 2 rings (SSSR count). The van der Waals surface area contributed by atoms with Crippen LogP contribution < -0.4 is 5.32 Å². The number of furan rings is 1. The van der Waals surface area contributed by atoms with Crippen LogP contribution in [-0.2, 0) is 0 Å². The number of amides is 1. The average molecular weight is 281 g/mol. The molecule has 1 N–H and O–H groups in total. The Labute approximate surface area is 101 Å². The van der Waals surface area contributed by atoms with Crippen molar-refractivity contribution < 1.29 is 9.21 Å². The fourth-order valence-corrected chi connectivity index (χ4v) is 1.60. The monoisotopic (exact) mass is 280 g/mol. The van der Waals surface area contributed by atoms with E-state index in [2.05, 4.69) is 26.2 Å². The van der Waals surface area contributed by atoms with E-state index < -0.39 is 0 Å². The molecule has 0 aliphatic heterocycles. The van der Waals surface area contributed by atoms with Gasteiger partial charge in [0.1, 0.15) is 10.4 Å². The van der Waals surface area contributed by atoms with E-state index in [1.54, 1.807) is 24.3 Å². The van der Waals surface area contributed by atoms with Crippen LogP contribution in [0.3, 0.4) is 0 Å². The third-order valence-corrected chi connectivity index (χ3v) is 2.47. The second kappa shape index (κ2) is 4.49. The van der Waals surface area contributed by atoms with Crippen LogP contribution in [0.25, 0.3) is 0 Å². The smallest absolute Gasteiger partial charge is 0.292 e. The molecule has 5 heteroatoms. The molecule has 82 valence electrons. The zero-order chi connectivity index (χ0) is 11.5. The van der Waals surface area contributed by atoms with Crippen molar-refractivity contribution in [3.05, 3.63) is 46.5 Å². The highest BCUT2D eigenvalue weighted by molar-refractivity contribution is 9.10. The van der Waals surface area contributed by atoms with Gasteiger partial charge in [-0.25, -0.2) is 4.98 Å². The minimum absolute atomic E-state index is 0.298. The molecule has 0 saturated heterocycles. The number of anilines is 1. The lowest BCUT2D eigenvalue weighted by molar-refractivity contribution is 0.0995. The molecule has 16 heavy (non-hydrogen) atoms. The number of hydrogen-bond acceptors (Lipinski definition) is 3. The summed E-state index contributed by atoms with van der Waals surface area (Å²) in [5, 5.41) is 2.65. The molecular weight excluding hydrogens is 272 g/mol. The van der Waals surface area contributed by atoms with Gasteiger partial charge in [0, 0.05) is 5.56 Å². The number of aromatic nitrogens is 1. The maximum absolute atomic E-state index is 11.7. The molecule has 0 atom stereocenters. The van der Waals surface area contributed by atoms with Crippen molar-refractivity contribution in [1.29, 1.82) is 0 Å². The topological polar surface area (TPSA) is 55.1 Å². The second-order valence-electron chi connectivity index (χ2n) is 3.23. The Morgan fingerprint density at radius 2 is 2.25 bits per heavy atom. The van der Waals surface area contributed by atoms with Gasteiger partial charge in [0.25, 0.3) is 5.91 Å². The van der Waals surface area contributed by atoms with Gasteiger partial charge in [0.2, 0.25) is 0 Å². The van der Waals surface area contributed by atoms with E-state index in [1.165, 1.54) is 6.26 Å². The Morgan fingerprint density at radius 3 is 2.88 bits per heavy atom. The van der Waals surface area contributed by atoms with Crippen molar-refractivity contribution in [2.75, 3.05) is 5.32 Å². The predicted molar refractivity (Wildman–Crippen MR) is 63.3 cm³/mol. The molecule has 0 aliphatic rings. The summed E-state index contributed by atoms with van der Waals surface area (Å²) in [7, 11) is 0. The molecule has 2 heterocycles. The number of halogens is 1. The molecule has 0 radical (unpaired) electrons. The van der Waals surface area contributed by atoms with Gasteiger partial charge >= 0.3 is 0 Å². The van der Waals surface area contributed by atoms with Gasteiger partial charge in [-0.2, -0.15) is 0 Å². The Balaban J connectivity index is 2.17. The van der Waals surface area contributed by atoms with Crippen LogP contribution >= 0.6 is 15.9 Å². The fraction of sp³-hybridized carbons (Fsp3) is 0.0909. The largest absolute Gasteiger partial charge is 0.459 e. The normalized spacial score (nSPS) is 10.1. The molecule has 0 spiro atoms. The summed E-state index contributed by atoms with van der Waals surface area (Å²) >= 11 is 3.23. The molecule has 0 aliphatic carbocycles. The van der Waals surface area contributed by atoms with E-state index in [4.69, 9.17) is 4.42 Å². The molecule has 2 aromatic heterocycles. The van der Waals surface area contributed by atoms with Crippen LogP contribution in [0.1, 0.15) is 16.1 Å². The first-order chi connectivity index (χ1) is 7.66. The third kappa shape index (κ3) is 2.30. The highest BCUT2D eigenvalue weighted by atomic mass is 79.9. The minimum Gasteiger partial charge on any atom is -0.459 e. The molecule has 1 amide bonds. The van der Waals surface area contributed by atoms with Crippen LogP contribution in [0, 0.1) is 6.92 Å². The summed E-state index contributed by atoms with van der Waals surface area (Å²) in [5.74, 6) is 0.491. The molecule has 0 saturated carbocycles. The highest BCUT2D eigenvalue weighted by Gasteiger charge is 2.12. The first kappa shape index (κ1) is 10.9. The van der Waals surface area contributed by atoms with Gasteiger partial charge in [-0.15, -0.1) is 0 Å². The quantitative estimate of drug-likeness (QED) is 0.861. The Hall–Kier alpha value is -1.62. The van der Waals surface area contributed by atoms with Gasteiger partial charge < -0.3 is 9.73 Å². The van der Waals surface area contributed by atoms with Crippen molar-refractivity contribution in [2.24, 2.45) is 0 Å². The summed E-state index contributed by atoms with van der Waals surface area (Å²) in [5.41, 5.74) is 0.799. The summed E-state index contributed by atoms with van der Waals surface area (Å²) < 4.78 is 5.75. The molecule has 4 nitrogen and oxygen atoms in total. The Bertz CT molecular complexity index is 522. The van der Waals surface area contributed by atoms with Crippen LogP contribution in [0.4, 0.5) is 5.82 Å². The van der Waals surface area contributed by atoms with Crippen LogP contribution in [0.15, 0.2) is 39.5 Å². The number of nitrogens with one attached hydrogen (secondary N) is 1. The standard InChI is InChI=1S/C11H9BrN2O2/c1-7-5-6-16-10(7)11(15)14-9-4-2-3-8(12)13-9/h2-6H,1H3,(H,13,14,15). The van der Waals surface area contributed by atoms with Crippen molar-refractivity contribution in [3.63, 3.8) is 0 Å². The zero-order valence-corrected chi connectivity index (χ0v) is 10.1. The van der Waals surface area contributed by atoms with E-state index in [1.807, 2.05) is 6.92 Å². The summed E-state index contributed by atoms with van der Waals surface area (Å²) in [6, 6.07) is 7.03. The fourth-order valence-electron chi connectivity index (χ4n) is 1.26. The van der Waals surface area contributed by atoms with Crippen LogP contribution in [0.2, 0.25) is 0 Å². The molecule has 0 aromatic carbocycles. The summed E-state index contributed by atoms with van der Waals surface area (Å²) in [6.07, 6.45) is 1.48. The molecular formula is C11H9BrN2O2. The minimum atomic E-state index is -0.298. The third-order valence-electron chi connectivity index (χ3n) is 2.03. The number of rotatable bonds is 2. The lowest BCUT2D eigenvalue weighted by Gasteiger charge is -2.02. The van der Waals surface area contributed by atoms with E-state index >= 15 is 0 Å². The zero-order valence-electron chi connectivity index (χ0n) is 8.53. The highest BCUT2D eigenvalue weighted by Crippen LogP contribution is 2.13. The van der Waals surface area contributed by atoms with Crippen molar-refractivity contribution >= 4 is 27.7 Å². The van der Waals surface area contributed by atoms with Crippen molar-refractivity contribution in [1.82, 2.24) is 4.98 Å². The average Bonchev–Trinajstić information content (AvgIpc) is 2.64. The number of carbonyl (C=O) groups excluding carboxylic acids is 1. The van der Waals surface area contributed by atoms with E-state index in [0.29, 0.717) is 16.2 Å². The van der Waals surface area contributed by atoms with E-state index in [0.717, 1.165) is 5.56 Å². The van der Waals surface area contributed by atoms with Crippen molar-refractivity contribution in [2.45, 2.75) is 6.92 Å². The van der Waals surface area contributed by atoms with Gasteiger partial charge in [-0.1, -0.05) is 6.07 Å².